The zero-order chi connectivity index (χ0) is 12.3. The summed E-state index contributed by atoms with van der Waals surface area (Å²) >= 11 is 0. The lowest BCUT2D eigenvalue weighted by Gasteiger charge is -2.10. The highest BCUT2D eigenvalue weighted by molar-refractivity contribution is 5.71. The first-order chi connectivity index (χ1) is 7.43. The fourth-order valence-corrected chi connectivity index (χ4v) is 1.68. The fourth-order valence-electron chi connectivity index (χ4n) is 1.68. The van der Waals surface area contributed by atoms with Crippen molar-refractivity contribution >= 4 is 5.57 Å². The number of hydrogen-bond donors (Lipinski definition) is 1. The van der Waals surface area contributed by atoms with Crippen LogP contribution in [0.2, 0.25) is 0 Å². The van der Waals surface area contributed by atoms with Gasteiger partial charge in [-0.15, -0.1) is 0 Å². The Balaban J connectivity index is 3.24. The van der Waals surface area contributed by atoms with Crippen LogP contribution in [-0.2, 0) is 0 Å². The topological polar surface area (TPSA) is 52.0 Å². The minimum Gasteiger partial charge on any atom is -0.402 e. The van der Waals surface area contributed by atoms with Crippen molar-refractivity contribution in [2.45, 2.75) is 34.6 Å². The molecule has 0 aliphatic heterocycles. The van der Waals surface area contributed by atoms with Gasteiger partial charge in [0.1, 0.15) is 5.76 Å². The molecule has 0 saturated carbocycles. The van der Waals surface area contributed by atoms with Crippen LogP contribution in [0.5, 0.6) is 0 Å². The zero-order valence-corrected chi connectivity index (χ0v) is 10.7. The van der Waals surface area contributed by atoms with E-state index in [4.69, 9.17) is 10.3 Å². The number of nitrogens with two attached hydrogens (primary N) is 1. The van der Waals surface area contributed by atoms with Gasteiger partial charge in [0.05, 0.1) is 5.69 Å². The summed E-state index contributed by atoms with van der Waals surface area (Å²) in [5, 5.41) is 3.98. The molecular formula is C13H20N2O. The summed E-state index contributed by atoms with van der Waals surface area (Å²) in [6.45, 7) is 10.1. The second-order valence-corrected chi connectivity index (χ2v) is 4.39. The first kappa shape index (κ1) is 12.6. The van der Waals surface area contributed by atoms with Crippen LogP contribution in [0, 0.1) is 19.8 Å². The maximum atomic E-state index is 5.65. The molecule has 16 heavy (non-hydrogen) atoms. The first-order valence-corrected chi connectivity index (χ1v) is 5.50. The van der Waals surface area contributed by atoms with Crippen LogP contribution < -0.4 is 5.73 Å². The van der Waals surface area contributed by atoms with Gasteiger partial charge in [0.15, 0.2) is 0 Å². The smallest absolute Gasteiger partial charge is 0.141 e. The van der Waals surface area contributed by atoms with Crippen molar-refractivity contribution in [1.82, 2.24) is 5.16 Å². The third-order valence-corrected chi connectivity index (χ3v) is 2.47. The van der Waals surface area contributed by atoms with E-state index in [1.165, 1.54) is 5.57 Å². The van der Waals surface area contributed by atoms with E-state index in [-0.39, 0.29) is 0 Å². The highest BCUT2D eigenvalue weighted by atomic mass is 16.5. The molecule has 0 aliphatic carbocycles. The van der Waals surface area contributed by atoms with E-state index in [0.717, 1.165) is 22.7 Å². The summed E-state index contributed by atoms with van der Waals surface area (Å²) in [5.41, 5.74) is 9.69. The number of allylic oxidation sites excluding steroid dienone is 4. The minimum absolute atomic E-state index is 0.410. The van der Waals surface area contributed by atoms with Crippen LogP contribution in [0.3, 0.4) is 0 Å². The maximum absolute atomic E-state index is 5.65. The average Bonchev–Trinajstić information content (AvgIpc) is 2.48. The Labute approximate surface area is 97.0 Å². The summed E-state index contributed by atoms with van der Waals surface area (Å²) in [5.74, 6) is 1.27. The highest BCUT2D eigenvalue weighted by Gasteiger charge is 2.15. The SMILES string of the molecule is C/C(N)=C\C=C(\c1c(C)noc1C)C(C)C. The summed E-state index contributed by atoms with van der Waals surface area (Å²) in [6.07, 6.45) is 3.97. The van der Waals surface area contributed by atoms with E-state index in [9.17, 15) is 0 Å². The summed E-state index contributed by atoms with van der Waals surface area (Å²) < 4.78 is 5.19. The van der Waals surface area contributed by atoms with Gasteiger partial charge < -0.3 is 10.3 Å². The molecule has 0 spiro atoms. The van der Waals surface area contributed by atoms with Gasteiger partial charge in [0.25, 0.3) is 0 Å². The van der Waals surface area contributed by atoms with Gasteiger partial charge in [0.2, 0.25) is 0 Å². The van der Waals surface area contributed by atoms with Gasteiger partial charge >= 0.3 is 0 Å². The molecule has 2 N–H and O–H groups in total. The van der Waals surface area contributed by atoms with E-state index < -0.39 is 0 Å². The molecule has 3 nitrogen and oxygen atoms in total. The third-order valence-electron chi connectivity index (χ3n) is 2.47. The van der Waals surface area contributed by atoms with E-state index in [1.54, 1.807) is 0 Å². The van der Waals surface area contributed by atoms with Crippen LogP contribution in [-0.4, -0.2) is 5.16 Å². The second kappa shape index (κ2) is 5.01. The normalized spacial score (nSPS) is 13.6. The van der Waals surface area contributed by atoms with E-state index in [1.807, 2.05) is 32.9 Å². The van der Waals surface area contributed by atoms with Crippen molar-refractivity contribution < 1.29 is 4.52 Å². The molecule has 0 amide bonds. The molecule has 1 heterocycles. The Morgan fingerprint density at radius 1 is 1.31 bits per heavy atom. The number of rotatable bonds is 3. The lowest BCUT2D eigenvalue weighted by molar-refractivity contribution is 0.393. The first-order valence-electron chi connectivity index (χ1n) is 5.50. The van der Waals surface area contributed by atoms with Crippen molar-refractivity contribution in [3.63, 3.8) is 0 Å². The number of aryl methyl sites for hydroxylation is 2. The Morgan fingerprint density at radius 3 is 2.31 bits per heavy atom. The molecule has 0 saturated heterocycles. The molecule has 0 fully saturated rings. The lowest BCUT2D eigenvalue weighted by Crippen LogP contribution is -1.97. The van der Waals surface area contributed by atoms with Crippen LogP contribution in [0.15, 0.2) is 22.4 Å². The van der Waals surface area contributed by atoms with Crippen molar-refractivity contribution in [2.24, 2.45) is 11.7 Å². The van der Waals surface area contributed by atoms with Crippen LogP contribution in [0.1, 0.15) is 37.8 Å². The Hall–Kier alpha value is -1.51. The molecule has 0 aliphatic rings. The molecule has 0 bridgehead atoms. The molecule has 0 aromatic carbocycles. The standard InChI is InChI=1S/C13H20N2O/c1-8(2)12(7-6-9(3)14)13-10(4)15-16-11(13)5/h6-8H,14H2,1-5H3/b9-6+,12-7+. The Kier molecular flexibility index (Phi) is 3.93. The van der Waals surface area contributed by atoms with Gasteiger partial charge in [-0.2, -0.15) is 0 Å². The van der Waals surface area contributed by atoms with Gasteiger partial charge in [-0.25, -0.2) is 0 Å². The number of aromatic nitrogens is 1. The van der Waals surface area contributed by atoms with E-state index >= 15 is 0 Å². The summed E-state index contributed by atoms with van der Waals surface area (Å²) in [7, 11) is 0. The highest BCUT2D eigenvalue weighted by Crippen LogP contribution is 2.28. The Morgan fingerprint density at radius 2 is 1.94 bits per heavy atom. The summed E-state index contributed by atoms with van der Waals surface area (Å²) in [4.78, 5) is 0. The maximum Gasteiger partial charge on any atom is 0.141 e. The van der Waals surface area contributed by atoms with Crippen molar-refractivity contribution in [3.8, 4) is 0 Å². The quantitative estimate of drug-likeness (QED) is 0.796. The molecule has 0 atom stereocenters. The van der Waals surface area contributed by atoms with Crippen LogP contribution >= 0.6 is 0 Å². The molecule has 0 radical (unpaired) electrons. The minimum atomic E-state index is 0.410. The molecule has 1 aromatic rings. The third kappa shape index (κ3) is 2.75. The number of nitrogens with zero attached hydrogens (tertiary/aromatic N) is 1. The largest absolute Gasteiger partial charge is 0.402 e. The van der Waals surface area contributed by atoms with Crippen LogP contribution in [0.25, 0.3) is 5.57 Å². The molecule has 1 aromatic heterocycles. The molecule has 88 valence electrons. The van der Waals surface area contributed by atoms with Crippen molar-refractivity contribution in [3.05, 3.63) is 34.9 Å². The monoisotopic (exact) mass is 220 g/mol. The molecular weight excluding hydrogens is 200 g/mol. The van der Waals surface area contributed by atoms with E-state index in [2.05, 4.69) is 19.0 Å². The van der Waals surface area contributed by atoms with Crippen LogP contribution in [0.4, 0.5) is 0 Å². The second-order valence-electron chi connectivity index (χ2n) is 4.39. The van der Waals surface area contributed by atoms with Crippen molar-refractivity contribution in [1.29, 1.82) is 0 Å². The predicted octanol–water partition coefficient (Wildman–Crippen LogP) is 3.19. The average molecular weight is 220 g/mol. The van der Waals surface area contributed by atoms with Gasteiger partial charge in [0, 0.05) is 11.3 Å². The lowest BCUT2D eigenvalue weighted by atomic mass is 9.93. The Bertz CT molecular complexity index is 402. The predicted molar refractivity (Wildman–Crippen MR) is 66.7 cm³/mol. The molecule has 1 rings (SSSR count). The van der Waals surface area contributed by atoms with Crippen molar-refractivity contribution in [2.75, 3.05) is 0 Å². The van der Waals surface area contributed by atoms with Gasteiger partial charge in [-0.05, 0) is 38.3 Å². The molecule has 0 unspecified atom stereocenters. The summed E-state index contributed by atoms with van der Waals surface area (Å²) in [6, 6.07) is 0. The zero-order valence-electron chi connectivity index (χ0n) is 10.7. The van der Waals surface area contributed by atoms with Gasteiger partial charge in [-0.3, -0.25) is 0 Å². The fraction of sp³-hybridized carbons (Fsp3) is 0.462. The number of hydrogen-bond acceptors (Lipinski definition) is 3. The molecule has 3 heteroatoms. The van der Waals surface area contributed by atoms with Gasteiger partial charge in [-0.1, -0.05) is 25.1 Å². The van der Waals surface area contributed by atoms with E-state index in [0.29, 0.717) is 5.92 Å².